The molecule has 0 bridgehead atoms. The molecule has 90 valence electrons. The highest BCUT2D eigenvalue weighted by atomic mass is 79.9. The summed E-state index contributed by atoms with van der Waals surface area (Å²) >= 11 is 5.42. The fourth-order valence-corrected chi connectivity index (χ4v) is 2.78. The predicted molar refractivity (Wildman–Crippen MR) is 75.4 cm³/mol. The van der Waals surface area contributed by atoms with Crippen LogP contribution >= 0.6 is 27.7 Å². The Balaban J connectivity index is 2.48. The van der Waals surface area contributed by atoms with Gasteiger partial charge in [0.25, 0.3) is 0 Å². The van der Waals surface area contributed by atoms with Gasteiger partial charge in [-0.3, -0.25) is 0 Å². The molecule has 0 unspecified atom stereocenters. The van der Waals surface area contributed by atoms with Crippen molar-refractivity contribution in [3.63, 3.8) is 0 Å². The van der Waals surface area contributed by atoms with Crippen LogP contribution in [0.3, 0.4) is 0 Å². The lowest BCUT2D eigenvalue weighted by Crippen LogP contribution is -2.14. The van der Waals surface area contributed by atoms with E-state index in [9.17, 15) is 0 Å². The van der Waals surface area contributed by atoms with E-state index in [0.717, 1.165) is 28.3 Å². The molecule has 4 heteroatoms. The summed E-state index contributed by atoms with van der Waals surface area (Å²) in [4.78, 5) is 2.20. The van der Waals surface area contributed by atoms with Gasteiger partial charge >= 0.3 is 0 Å². The van der Waals surface area contributed by atoms with Crippen LogP contribution in [0.2, 0.25) is 0 Å². The van der Waals surface area contributed by atoms with Crippen LogP contribution in [-0.2, 0) is 5.75 Å². The minimum absolute atomic E-state index is 0.973. The average molecular weight is 304 g/mol. The number of hydrogen-bond donors (Lipinski definition) is 0. The van der Waals surface area contributed by atoms with Crippen molar-refractivity contribution in [1.29, 1.82) is 0 Å². The molecule has 0 amide bonds. The SMILES string of the molecule is COc1ccc(Br)cc1CSCCN(C)C. The molecule has 0 aliphatic rings. The Hall–Kier alpha value is -0.190. The van der Waals surface area contributed by atoms with Gasteiger partial charge in [0.2, 0.25) is 0 Å². The fraction of sp³-hybridized carbons (Fsp3) is 0.500. The van der Waals surface area contributed by atoms with Gasteiger partial charge in [-0.25, -0.2) is 0 Å². The molecule has 0 saturated heterocycles. The summed E-state index contributed by atoms with van der Waals surface area (Å²) in [6, 6.07) is 6.14. The number of rotatable bonds is 6. The number of nitrogens with zero attached hydrogens (tertiary/aromatic N) is 1. The van der Waals surface area contributed by atoms with Gasteiger partial charge in [-0.1, -0.05) is 15.9 Å². The van der Waals surface area contributed by atoms with E-state index in [-0.39, 0.29) is 0 Å². The minimum atomic E-state index is 0.973. The second-order valence-electron chi connectivity index (χ2n) is 3.81. The third kappa shape index (κ3) is 4.76. The molecule has 0 aliphatic carbocycles. The molecule has 0 N–H and O–H groups in total. The van der Waals surface area contributed by atoms with Crippen LogP contribution in [-0.4, -0.2) is 38.4 Å². The standard InChI is InChI=1S/C12H18BrNOS/c1-14(2)6-7-16-9-10-8-11(13)4-5-12(10)15-3/h4-5,8H,6-7,9H2,1-3H3. The molecule has 0 radical (unpaired) electrons. The molecule has 16 heavy (non-hydrogen) atoms. The topological polar surface area (TPSA) is 12.5 Å². The second-order valence-corrected chi connectivity index (χ2v) is 5.83. The van der Waals surface area contributed by atoms with Crippen LogP contribution in [0.4, 0.5) is 0 Å². The van der Waals surface area contributed by atoms with Crippen LogP contribution in [0.5, 0.6) is 5.75 Å². The summed E-state index contributed by atoms with van der Waals surface area (Å²) < 4.78 is 6.44. The van der Waals surface area contributed by atoms with Crippen LogP contribution in [0, 0.1) is 0 Å². The summed E-state index contributed by atoms with van der Waals surface area (Å²) in [7, 11) is 5.91. The third-order valence-corrected chi connectivity index (χ3v) is 3.66. The molecule has 2 nitrogen and oxygen atoms in total. The van der Waals surface area contributed by atoms with E-state index >= 15 is 0 Å². The van der Waals surface area contributed by atoms with E-state index in [1.54, 1.807) is 7.11 Å². The molecule has 0 aliphatic heterocycles. The van der Waals surface area contributed by atoms with Crippen molar-refractivity contribution in [2.24, 2.45) is 0 Å². The molecule has 0 heterocycles. The maximum absolute atomic E-state index is 5.33. The van der Waals surface area contributed by atoms with Gasteiger partial charge in [-0.15, -0.1) is 0 Å². The lowest BCUT2D eigenvalue weighted by Gasteiger charge is -2.11. The van der Waals surface area contributed by atoms with Gasteiger partial charge in [0, 0.05) is 28.1 Å². The first kappa shape index (κ1) is 13.9. The number of benzene rings is 1. The first-order chi connectivity index (χ1) is 7.63. The zero-order valence-electron chi connectivity index (χ0n) is 10.00. The van der Waals surface area contributed by atoms with Gasteiger partial charge in [0.15, 0.2) is 0 Å². The van der Waals surface area contributed by atoms with Crippen LogP contribution in [0.1, 0.15) is 5.56 Å². The zero-order valence-corrected chi connectivity index (χ0v) is 12.4. The summed E-state index contributed by atoms with van der Waals surface area (Å²) in [5.41, 5.74) is 1.25. The third-order valence-electron chi connectivity index (χ3n) is 2.18. The number of halogens is 1. The molecule has 1 rings (SSSR count). The highest BCUT2D eigenvalue weighted by molar-refractivity contribution is 9.10. The largest absolute Gasteiger partial charge is 0.496 e. The van der Waals surface area contributed by atoms with Crippen molar-refractivity contribution in [2.75, 3.05) is 33.5 Å². The summed E-state index contributed by atoms with van der Waals surface area (Å²) in [5.74, 6) is 3.11. The van der Waals surface area contributed by atoms with Crippen molar-refractivity contribution in [1.82, 2.24) is 4.90 Å². The Labute approximate surface area is 110 Å². The lowest BCUT2D eigenvalue weighted by molar-refractivity contribution is 0.411. The highest BCUT2D eigenvalue weighted by Gasteiger charge is 2.03. The second kappa shape index (κ2) is 7.20. The maximum Gasteiger partial charge on any atom is 0.122 e. The van der Waals surface area contributed by atoms with Crippen molar-refractivity contribution in [3.8, 4) is 5.75 Å². The van der Waals surface area contributed by atoms with Crippen LogP contribution in [0.15, 0.2) is 22.7 Å². The lowest BCUT2D eigenvalue weighted by atomic mass is 10.2. The number of methoxy groups -OCH3 is 1. The van der Waals surface area contributed by atoms with Gasteiger partial charge in [0.05, 0.1) is 7.11 Å². The van der Waals surface area contributed by atoms with E-state index < -0.39 is 0 Å². The molecule has 0 spiro atoms. The quantitative estimate of drug-likeness (QED) is 0.749. The molecule has 0 atom stereocenters. The Kier molecular flexibility index (Phi) is 6.24. The van der Waals surface area contributed by atoms with Crippen molar-refractivity contribution in [3.05, 3.63) is 28.2 Å². The normalized spacial score (nSPS) is 10.8. The number of thioether (sulfide) groups is 1. The molecule has 1 aromatic carbocycles. The van der Waals surface area contributed by atoms with E-state index in [4.69, 9.17) is 4.74 Å². The molecular weight excluding hydrogens is 286 g/mol. The maximum atomic E-state index is 5.33. The Morgan fingerprint density at radius 2 is 2.12 bits per heavy atom. The summed E-state index contributed by atoms with van der Waals surface area (Å²) in [6.07, 6.45) is 0. The van der Waals surface area contributed by atoms with Crippen molar-refractivity contribution >= 4 is 27.7 Å². The first-order valence-corrected chi connectivity index (χ1v) is 7.13. The van der Waals surface area contributed by atoms with E-state index in [0.29, 0.717) is 0 Å². The van der Waals surface area contributed by atoms with Gasteiger partial charge in [0.1, 0.15) is 5.75 Å². The Morgan fingerprint density at radius 1 is 1.38 bits per heavy atom. The summed E-state index contributed by atoms with van der Waals surface area (Å²) in [6.45, 7) is 1.11. The Morgan fingerprint density at radius 3 is 2.75 bits per heavy atom. The van der Waals surface area contributed by atoms with Crippen LogP contribution < -0.4 is 4.74 Å². The van der Waals surface area contributed by atoms with Gasteiger partial charge in [-0.05, 0) is 32.3 Å². The van der Waals surface area contributed by atoms with Gasteiger partial charge in [-0.2, -0.15) is 11.8 Å². The first-order valence-electron chi connectivity index (χ1n) is 5.18. The average Bonchev–Trinajstić information content (AvgIpc) is 2.24. The smallest absolute Gasteiger partial charge is 0.122 e. The molecule has 0 saturated carbocycles. The Bertz CT molecular complexity index is 331. The van der Waals surface area contributed by atoms with E-state index in [1.807, 2.05) is 23.9 Å². The number of ether oxygens (including phenoxy) is 1. The fourth-order valence-electron chi connectivity index (χ4n) is 1.29. The minimum Gasteiger partial charge on any atom is -0.496 e. The molecule has 0 fully saturated rings. The number of hydrogen-bond acceptors (Lipinski definition) is 3. The van der Waals surface area contributed by atoms with E-state index in [2.05, 4.69) is 41.0 Å². The van der Waals surface area contributed by atoms with Crippen molar-refractivity contribution < 1.29 is 4.74 Å². The van der Waals surface area contributed by atoms with E-state index in [1.165, 1.54) is 5.56 Å². The van der Waals surface area contributed by atoms with Crippen molar-refractivity contribution in [2.45, 2.75) is 5.75 Å². The van der Waals surface area contributed by atoms with Gasteiger partial charge < -0.3 is 9.64 Å². The van der Waals surface area contributed by atoms with Crippen LogP contribution in [0.25, 0.3) is 0 Å². The monoisotopic (exact) mass is 303 g/mol. The highest BCUT2D eigenvalue weighted by Crippen LogP contribution is 2.26. The molecular formula is C12H18BrNOS. The summed E-state index contributed by atoms with van der Waals surface area (Å²) in [5, 5.41) is 0. The molecule has 0 aromatic heterocycles. The zero-order chi connectivity index (χ0) is 12.0. The predicted octanol–water partition coefficient (Wildman–Crippen LogP) is 3.25. The molecule has 1 aromatic rings.